The van der Waals surface area contributed by atoms with Gasteiger partial charge in [0.2, 0.25) is 5.89 Å². The summed E-state index contributed by atoms with van der Waals surface area (Å²) in [6.07, 6.45) is 2.48. The van der Waals surface area contributed by atoms with E-state index in [0.717, 1.165) is 12.2 Å². The number of hydrogen-bond acceptors (Lipinski definition) is 6. The molecule has 1 rings (SSSR count). The van der Waals surface area contributed by atoms with E-state index >= 15 is 0 Å². The van der Waals surface area contributed by atoms with Crippen molar-refractivity contribution >= 4 is 17.9 Å². The highest BCUT2D eigenvalue weighted by Crippen LogP contribution is 2.27. The Bertz CT molecular complexity index is 560. The first-order valence-corrected chi connectivity index (χ1v) is 9.20. The van der Waals surface area contributed by atoms with Crippen LogP contribution in [-0.4, -0.2) is 27.6 Å². The summed E-state index contributed by atoms with van der Waals surface area (Å²) < 4.78 is 11.1. The fraction of sp³-hybridized carbons (Fsp3) is 0.706. The summed E-state index contributed by atoms with van der Waals surface area (Å²) >= 11 is 1.47. The van der Waals surface area contributed by atoms with Crippen molar-refractivity contribution < 1.29 is 13.9 Å². The van der Waals surface area contributed by atoms with E-state index < -0.39 is 11.7 Å². The highest BCUT2D eigenvalue weighted by Gasteiger charge is 2.28. The number of hydrogen-bond donors (Lipinski definition) is 1. The molecule has 2 unspecified atom stereocenters. The topological polar surface area (TPSA) is 77.2 Å². The molecular formula is C17H29N3O3S. The number of aromatic nitrogens is 2. The van der Waals surface area contributed by atoms with Crippen LogP contribution in [-0.2, 0) is 4.74 Å². The predicted molar refractivity (Wildman–Crippen MR) is 96.0 cm³/mol. The summed E-state index contributed by atoms with van der Waals surface area (Å²) in [6, 6.07) is -0.366. The summed E-state index contributed by atoms with van der Waals surface area (Å²) in [6.45, 7) is 13.7. The Morgan fingerprint density at radius 3 is 2.58 bits per heavy atom. The lowest BCUT2D eigenvalue weighted by atomic mass is 9.99. The lowest BCUT2D eigenvalue weighted by molar-refractivity contribution is 0.0474. The van der Waals surface area contributed by atoms with Crippen LogP contribution in [0.1, 0.15) is 66.8 Å². The molecule has 24 heavy (non-hydrogen) atoms. The molecule has 1 heterocycles. The lowest BCUT2D eigenvalue weighted by Gasteiger charge is -2.24. The van der Waals surface area contributed by atoms with Crippen LogP contribution >= 0.6 is 11.8 Å². The standard InChI is InChI=1S/C17H29N3O3S/c1-8-12(4)13(18-15(21)23-17(5,6)7)14-19-20-16(22-14)24-10-9-11(2)3/h9,12-13H,8,10H2,1-7H3,(H,18,21). The third kappa shape index (κ3) is 7.38. The van der Waals surface area contributed by atoms with Crippen LogP contribution in [0.4, 0.5) is 4.79 Å². The molecule has 6 nitrogen and oxygen atoms in total. The van der Waals surface area contributed by atoms with E-state index in [2.05, 4.69) is 28.5 Å². The third-order valence-electron chi connectivity index (χ3n) is 3.27. The maximum Gasteiger partial charge on any atom is 0.408 e. The van der Waals surface area contributed by atoms with Gasteiger partial charge in [-0.25, -0.2) is 4.79 Å². The minimum Gasteiger partial charge on any atom is -0.444 e. The Balaban J connectivity index is 2.80. The molecule has 0 fully saturated rings. The molecule has 0 aliphatic carbocycles. The first kappa shape index (κ1) is 20.5. The molecule has 1 aromatic heterocycles. The highest BCUT2D eigenvalue weighted by molar-refractivity contribution is 7.99. The number of allylic oxidation sites excluding steroid dienone is 1. The van der Waals surface area contributed by atoms with E-state index in [9.17, 15) is 4.79 Å². The maximum atomic E-state index is 12.1. The zero-order valence-corrected chi connectivity index (χ0v) is 16.5. The number of rotatable bonds is 7. The van der Waals surface area contributed by atoms with Crippen molar-refractivity contribution in [3.05, 3.63) is 17.5 Å². The number of ether oxygens (including phenoxy) is 1. The minimum absolute atomic E-state index is 0.147. The van der Waals surface area contributed by atoms with E-state index in [0.29, 0.717) is 11.1 Å². The number of amides is 1. The van der Waals surface area contributed by atoms with Gasteiger partial charge >= 0.3 is 6.09 Å². The number of nitrogens with zero attached hydrogens (tertiary/aromatic N) is 2. The fourth-order valence-corrected chi connectivity index (χ4v) is 2.60. The first-order chi connectivity index (χ1) is 11.1. The second kappa shape index (κ2) is 9.11. The van der Waals surface area contributed by atoms with Crippen molar-refractivity contribution in [1.29, 1.82) is 0 Å². The number of alkyl carbamates (subject to hydrolysis) is 1. The third-order valence-corrected chi connectivity index (χ3v) is 4.02. The van der Waals surface area contributed by atoms with Gasteiger partial charge in [0.25, 0.3) is 5.22 Å². The largest absolute Gasteiger partial charge is 0.444 e. The number of nitrogens with one attached hydrogen (secondary N) is 1. The van der Waals surface area contributed by atoms with Crippen LogP contribution in [0.15, 0.2) is 21.3 Å². The molecule has 7 heteroatoms. The summed E-state index contributed by atoms with van der Waals surface area (Å²) in [5, 5.41) is 11.5. The zero-order valence-electron chi connectivity index (χ0n) is 15.7. The van der Waals surface area contributed by atoms with E-state index in [4.69, 9.17) is 9.15 Å². The monoisotopic (exact) mass is 355 g/mol. The lowest BCUT2D eigenvalue weighted by Crippen LogP contribution is -2.37. The van der Waals surface area contributed by atoms with Gasteiger partial charge in [0.15, 0.2) is 0 Å². The van der Waals surface area contributed by atoms with Gasteiger partial charge in [-0.1, -0.05) is 43.7 Å². The second-order valence-corrected chi connectivity index (χ2v) is 7.98. The van der Waals surface area contributed by atoms with E-state index in [-0.39, 0.29) is 12.0 Å². The Kier molecular flexibility index (Phi) is 7.79. The van der Waals surface area contributed by atoms with Gasteiger partial charge < -0.3 is 14.5 Å². The van der Waals surface area contributed by atoms with Crippen molar-refractivity contribution in [1.82, 2.24) is 15.5 Å². The quantitative estimate of drug-likeness (QED) is 0.562. The summed E-state index contributed by atoms with van der Waals surface area (Å²) in [4.78, 5) is 12.1. The van der Waals surface area contributed by atoms with Gasteiger partial charge in [-0.2, -0.15) is 0 Å². The molecule has 0 aromatic carbocycles. The molecular weight excluding hydrogens is 326 g/mol. The summed E-state index contributed by atoms with van der Waals surface area (Å²) in [5.74, 6) is 1.33. The van der Waals surface area contributed by atoms with Gasteiger partial charge in [0.1, 0.15) is 11.6 Å². The Labute approximate surface area is 148 Å². The van der Waals surface area contributed by atoms with Crippen LogP contribution in [0.5, 0.6) is 0 Å². The Hall–Kier alpha value is -1.50. The average molecular weight is 356 g/mol. The van der Waals surface area contributed by atoms with Gasteiger partial charge in [0, 0.05) is 5.75 Å². The average Bonchev–Trinajstić information content (AvgIpc) is 2.90. The molecule has 1 N–H and O–H groups in total. The molecule has 136 valence electrons. The molecule has 2 atom stereocenters. The van der Waals surface area contributed by atoms with Gasteiger partial charge in [-0.05, 0) is 40.5 Å². The smallest absolute Gasteiger partial charge is 0.408 e. The van der Waals surface area contributed by atoms with Gasteiger partial charge in [-0.15, -0.1) is 10.2 Å². The molecule has 1 aromatic rings. The van der Waals surface area contributed by atoms with Crippen molar-refractivity contribution in [2.75, 3.05) is 5.75 Å². The van der Waals surface area contributed by atoms with E-state index in [1.807, 2.05) is 41.5 Å². The molecule has 0 saturated carbocycles. The van der Waals surface area contributed by atoms with Crippen molar-refractivity contribution in [2.24, 2.45) is 5.92 Å². The van der Waals surface area contributed by atoms with Gasteiger partial charge in [-0.3, -0.25) is 0 Å². The number of carbonyl (C=O) groups excluding carboxylic acids is 1. The zero-order chi connectivity index (χ0) is 18.3. The summed E-state index contributed by atoms with van der Waals surface area (Å²) in [5.41, 5.74) is 0.691. The molecule has 0 spiro atoms. The van der Waals surface area contributed by atoms with Crippen LogP contribution in [0.25, 0.3) is 0 Å². The van der Waals surface area contributed by atoms with Crippen molar-refractivity contribution in [3.63, 3.8) is 0 Å². The Morgan fingerprint density at radius 2 is 2.04 bits per heavy atom. The van der Waals surface area contributed by atoms with E-state index in [1.54, 1.807) is 0 Å². The van der Waals surface area contributed by atoms with Crippen molar-refractivity contribution in [3.8, 4) is 0 Å². The van der Waals surface area contributed by atoms with Crippen LogP contribution in [0.3, 0.4) is 0 Å². The van der Waals surface area contributed by atoms with E-state index in [1.165, 1.54) is 17.3 Å². The molecule has 0 saturated heterocycles. The molecule has 0 aliphatic heterocycles. The predicted octanol–water partition coefficient (Wildman–Crippen LogP) is 4.74. The SMILES string of the molecule is CCC(C)C(NC(=O)OC(C)(C)C)c1nnc(SCC=C(C)C)o1. The van der Waals surface area contributed by atoms with Gasteiger partial charge in [0.05, 0.1) is 0 Å². The van der Waals surface area contributed by atoms with Crippen LogP contribution in [0, 0.1) is 5.92 Å². The van der Waals surface area contributed by atoms with Crippen LogP contribution < -0.4 is 5.32 Å². The van der Waals surface area contributed by atoms with Crippen LogP contribution in [0.2, 0.25) is 0 Å². The number of carbonyl (C=O) groups is 1. The molecule has 0 radical (unpaired) electrons. The summed E-state index contributed by atoms with van der Waals surface area (Å²) in [7, 11) is 0. The second-order valence-electron chi connectivity index (χ2n) is 7.01. The molecule has 0 bridgehead atoms. The highest BCUT2D eigenvalue weighted by atomic mass is 32.2. The van der Waals surface area contributed by atoms with Crippen molar-refractivity contribution in [2.45, 2.75) is 71.8 Å². The molecule has 0 aliphatic rings. The molecule has 1 amide bonds. The fourth-order valence-electron chi connectivity index (χ4n) is 1.80. The first-order valence-electron chi connectivity index (χ1n) is 8.21. The minimum atomic E-state index is -0.551. The normalized spacial score (nSPS) is 14.0. The number of thioether (sulfide) groups is 1. The maximum absolute atomic E-state index is 12.1. The Morgan fingerprint density at radius 1 is 1.38 bits per heavy atom.